The highest BCUT2D eigenvalue weighted by molar-refractivity contribution is 5.01. The van der Waals surface area contributed by atoms with Crippen LogP contribution in [0.25, 0.3) is 0 Å². The van der Waals surface area contributed by atoms with E-state index in [4.69, 9.17) is 4.74 Å². The van der Waals surface area contributed by atoms with Gasteiger partial charge in [-0.3, -0.25) is 0 Å². The fourth-order valence-corrected chi connectivity index (χ4v) is 4.61. The molecule has 1 fully saturated rings. The van der Waals surface area contributed by atoms with Crippen LogP contribution in [-0.4, -0.2) is 12.2 Å². The van der Waals surface area contributed by atoms with Crippen molar-refractivity contribution in [2.75, 3.05) is 0 Å². The zero-order chi connectivity index (χ0) is 18.4. The first-order chi connectivity index (χ1) is 9.92. The lowest BCUT2D eigenvalue weighted by molar-refractivity contribution is -0.0219. The van der Waals surface area contributed by atoms with E-state index in [-0.39, 0.29) is 10.8 Å². The molecule has 0 bridgehead atoms. The molecule has 1 saturated heterocycles. The fourth-order valence-electron chi connectivity index (χ4n) is 4.61. The van der Waals surface area contributed by atoms with Gasteiger partial charge in [-0.1, -0.05) is 83.1 Å². The van der Waals surface area contributed by atoms with Crippen LogP contribution in [0.2, 0.25) is 0 Å². The normalized spacial score (nSPS) is 30.8. The lowest BCUT2D eigenvalue weighted by atomic mass is 9.60. The van der Waals surface area contributed by atoms with Crippen molar-refractivity contribution < 1.29 is 4.74 Å². The first-order valence-electron chi connectivity index (χ1n) is 9.57. The van der Waals surface area contributed by atoms with Crippen molar-refractivity contribution in [1.82, 2.24) is 0 Å². The maximum absolute atomic E-state index is 6.79. The summed E-state index contributed by atoms with van der Waals surface area (Å²) in [5, 5.41) is 0. The second-order valence-electron chi connectivity index (χ2n) is 12.5. The predicted molar refractivity (Wildman–Crippen MR) is 103 cm³/mol. The molecule has 0 aromatic heterocycles. The van der Waals surface area contributed by atoms with E-state index in [1.54, 1.807) is 0 Å². The van der Waals surface area contributed by atoms with Gasteiger partial charge < -0.3 is 4.74 Å². The molecule has 1 aliphatic heterocycles. The average molecular weight is 325 g/mol. The van der Waals surface area contributed by atoms with E-state index in [2.05, 4.69) is 83.1 Å². The van der Waals surface area contributed by atoms with Gasteiger partial charge in [0.25, 0.3) is 0 Å². The van der Waals surface area contributed by atoms with Gasteiger partial charge in [-0.25, -0.2) is 0 Å². The zero-order valence-corrected chi connectivity index (χ0v) is 18.1. The Kier molecular flexibility index (Phi) is 5.80. The van der Waals surface area contributed by atoms with Gasteiger partial charge in [-0.15, -0.1) is 0 Å². The topological polar surface area (TPSA) is 9.23 Å². The minimum absolute atomic E-state index is 0.278. The lowest BCUT2D eigenvalue weighted by Gasteiger charge is -2.43. The van der Waals surface area contributed by atoms with Crippen molar-refractivity contribution in [2.45, 2.75) is 108 Å². The Hall–Kier alpha value is -0.0400. The monoisotopic (exact) mass is 324 g/mol. The molecular weight excluding hydrogens is 280 g/mol. The number of ether oxygens (including phenoxy) is 1. The largest absolute Gasteiger partial charge is 0.374 e. The molecule has 0 aromatic carbocycles. The molecule has 0 aliphatic carbocycles. The summed E-state index contributed by atoms with van der Waals surface area (Å²) in [6.07, 6.45) is 3.07. The van der Waals surface area contributed by atoms with Crippen LogP contribution in [-0.2, 0) is 4.74 Å². The molecule has 0 N–H and O–H groups in total. The molecule has 1 aliphatic rings. The summed E-state index contributed by atoms with van der Waals surface area (Å²) in [6.45, 7) is 28.5. The van der Waals surface area contributed by atoms with Crippen LogP contribution in [0, 0.1) is 33.5 Å². The Balaban J connectivity index is 3.24. The van der Waals surface area contributed by atoms with Crippen LogP contribution in [0.4, 0.5) is 0 Å². The molecule has 1 nitrogen and oxygen atoms in total. The highest BCUT2D eigenvalue weighted by Crippen LogP contribution is 2.54. The van der Waals surface area contributed by atoms with Crippen LogP contribution < -0.4 is 0 Å². The van der Waals surface area contributed by atoms with Gasteiger partial charge >= 0.3 is 0 Å². The number of rotatable bonds is 2. The minimum atomic E-state index is 0.278. The first kappa shape index (κ1) is 21.0. The van der Waals surface area contributed by atoms with E-state index < -0.39 is 0 Å². The Morgan fingerprint density at radius 2 is 0.783 bits per heavy atom. The summed E-state index contributed by atoms with van der Waals surface area (Å²) < 4.78 is 6.79. The molecule has 1 heteroatoms. The van der Waals surface area contributed by atoms with Gasteiger partial charge in [-0.2, -0.15) is 0 Å². The maximum Gasteiger partial charge on any atom is 0.0621 e. The van der Waals surface area contributed by atoms with Gasteiger partial charge in [0.2, 0.25) is 0 Å². The highest BCUT2D eigenvalue weighted by Gasteiger charge is 2.54. The van der Waals surface area contributed by atoms with Crippen LogP contribution in [0.5, 0.6) is 0 Å². The molecule has 4 atom stereocenters. The Labute approximate surface area is 147 Å². The molecule has 1 rings (SSSR count). The van der Waals surface area contributed by atoms with Crippen LogP contribution in [0.15, 0.2) is 0 Å². The van der Waals surface area contributed by atoms with Gasteiger partial charge in [-0.05, 0) is 46.3 Å². The van der Waals surface area contributed by atoms with Crippen LogP contribution in [0.1, 0.15) is 95.9 Å². The smallest absolute Gasteiger partial charge is 0.0621 e. The molecular formula is C22H44O. The van der Waals surface area contributed by atoms with Crippen molar-refractivity contribution in [3.63, 3.8) is 0 Å². The van der Waals surface area contributed by atoms with Crippen molar-refractivity contribution in [3.05, 3.63) is 0 Å². The number of hydrogen-bond donors (Lipinski definition) is 0. The van der Waals surface area contributed by atoms with Gasteiger partial charge in [0.15, 0.2) is 0 Å². The molecule has 0 radical (unpaired) electrons. The summed E-state index contributed by atoms with van der Waals surface area (Å²) in [7, 11) is 0. The van der Waals surface area contributed by atoms with Crippen LogP contribution >= 0.6 is 0 Å². The first-order valence-corrected chi connectivity index (χ1v) is 9.57. The summed E-state index contributed by atoms with van der Waals surface area (Å²) >= 11 is 0. The summed E-state index contributed by atoms with van der Waals surface area (Å²) in [5.41, 5.74) is 1.18. The second kappa shape index (κ2) is 6.36. The van der Waals surface area contributed by atoms with Crippen molar-refractivity contribution in [1.29, 1.82) is 0 Å². The van der Waals surface area contributed by atoms with E-state index in [0.29, 0.717) is 34.9 Å². The molecule has 0 saturated carbocycles. The molecule has 1 heterocycles. The van der Waals surface area contributed by atoms with E-state index in [0.717, 1.165) is 12.8 Å². The van der Waals surface area contributed by atoms with E-state index in [1.165, 1.54) is 0 Å². The second-order valence-corrected chi connectivity index (χ2v) is 12.5. The van der Waals surface area contributed by atoms with Crippen molar-refractivity contribution in [3.8, 4) is 0 Å². The van der Waals surface area contributed by atoms with E-state index >= 15 is 0 Å². The van der Waals surface area contributed by atoms with Crippen molar-refractivity contribution >= 4 is 0 Å². The summed E-state index contributed by atoms with van der Waals surface area (Å²) in [4.78, 5) is 0. The van der Waals surface area contributed by atoms with Gasteiger partial charge in [0, 0.05) is 0 Å². The number of hydrogen-bond acceptors (Lipinski definition) is 1. The molecule has 0 aromatic rings. The Bertz CT molecular complexity index is 342. The van der Waals surface area contributed by atoms with Gasteiger partial charge in [0.1, 0.15) is 0 Å². The third-order valence-electron chi connectivity index (χ3n) is 5.16. The molecule has 0 spiro atoms. The van der Waals surface area contributed by atoms with Crippen LogP contribution in [0.3, 0.4) is 0 Å². The third kappa shape index (κ3) is 6.07. The Morgan fingerprint density at radius 1 is 0.522 bits per heavy atom. The summed E-state index contributed by atoms with van der Waals surface area (Å²) in [5.74, 6) is 1.24. The third-order valence-corrected chi connectivity index (χ3v) is 5.16. The molecule has 138 valence electrons. The zero-order valence-electron chi connectivity index (χ0n) is 18.1. The predicted octanol–water partition coefficient (Wildman–Crippen LogP) is 6.95. The standard InChI is InChI=1S/C22H44O/c1-19(2,3)13-15-17(21(7,8)9)18(22(10,11)12)16(23-15)14-20(4,5)6/h15-18H,13-14H2,1-12H3. The van der Waals surface area contributed by atoms with Crippen molar-refractivity contribution in [2.24, 2.45) is 33.5 Å². The van der Waals surface area contributed by atoms with E-state index in [9.17, 15) is 0 Å². The maximum atomic E-state index is 6.79. The Morgan fingerprint density at radius 3 is 0.957 bits per heavy atom. The fraction of sp³-hybridized carbons (Fsp3) is 1.00. The minimum Gasteiger partial charge on any atom is -0.374 e. The van der Waals surface area contributed by atoms with Gasteiger partial charge in [0.05, 0.1) is 12.2 Å². The molecule has 23 heavy (non-hydrogen) atoms. The molecule has 0 amide bonds. The quantitative estimate of drug-likeness (QED) is 0.534. The molecule has 4 unspecified atom stereocenters. The highest BCUT2D eigenvalue weighted by atomic mass is 16.5. The van der Waals surface area contributed by atoms with E-state index in [1.807, 2.05) is 0 Å². The average Bonchev–Trinajstić information content (AvgIpc) is 2.48. The SMILES string of the molecule is CC(C)(C)CC1OC(CC(C)(C)C)C(C(C)(C)C)C1C(C)(C)C. The lowest BCUT2D eigenvalue weighted by Crippen LogP contribution is -2.41. The summed E-state index contributed by atoms with van der Waals surface area (Å²) in [6, 6.07) is 0.